The number of primary amides is 1. The number of amides is 2. The molecule has 0 radical (unpaired) electrons. The second-order valence-corrected chi connectivity index (χ2v) is 3.49. The van der Waals surface area contributed by atoms with Crippen LogP contribution in [0.15, 0.2) is 18.2 Å². The fourth-order valence-corrected chi connectivity index (χ4v) is 1.39. The van der Waals surface area contributed by atoms with E-state index in [1.165, 1.54) is 17.0 Å². The molecule has 2 amide bonds. The van der Waals surface area contributed by atoms with Gasteiger partial charge in [0.25, 0.3) is 5.91 Å². The zero-order valence-electron chi connectivity index (χ0n) is 9.38. The van der Waals surface area contributed by atoms with Crippen LogP contribution in [0.2, 0.25) is 0 Å². The van der Waals surface area contributed by atoms with Crippen molar-refractivity contribution in [2.24, 2.45) is 5.73 Å². The number of hydrogen-bond acceptors (Lipinski definition) is 4. The Kier molecular flexibility index (Phi) is 3.92. The summed E-state index contributed by atoms with van der Waals surface area (Å²) in [5.74, 6) is -1.61. The van der Waals surface area contributed by atoms with Gasteiger partial charge in [0.05, 0.1) is 12.1 Å². The van der Waals surface area contributed by atoms with Crippen LogP contribution in [0.3, 0.4) is 0 Å². The minimum Gasteiger partial charge on any atom is -0.508 e. The Hall–Kier alpha value is -2.24. The zero-order chi connectivity index (χ0) is 13.0. The van der Waals surface area contributed by atoms with Crippen molar-refractivity contribution in [3.63, 3.8) is 0 Å². The van der Waals surface area contributed by atoms with E-state index in [0.29, 0.717) is 6.54 Å². The monoisotopic (exact) mass is 238 g/mol. The van der Waals surface area contributed by atoms with Crippen molar-refractivity contribution in [3.05, 3.63) is 23.8 Å². The van der Waals surface area contributed by atoms with Gasteiger partial charge >= 0.3 is 0 Å². The van der Waals surface area contributed by atoms with Crippen LogP contribution in [0.1, 0.15) is 17.3 Å². The van der Waals surface area contributed by atoms with E-state index in [1.54, 1.807) is 6.92 Å². The molecule has 0 aliphatic carbocycles. The molecule has 0 atom stereocenters. The average molecular weight is 238 g/mol. The number of nitrogens with two attached hydrogens (primary N) is 1. The Morgan fingerprint density at radius 3 is 2.47 bits per heavy atom. The first-order valence-electron chi connectivity index (χ1n) is 5.05. The van der Waals surface area contributed by atoms with Crippen molar-refractivity contribution in [2.45, 2.75) is 6.92 Å². The lowest BCUT2D eigenvalue weighted by Gasteiger charge is -2.19. The van der Waals surface area contributed by atoms with Crippen LogP contribution in [0.4, 0.5) is 0 Å². The third-order valence-corrected chi connectivity index (χ3v) is 2.23. The molecule has 0 unspecified atom stereocenters. The molecule has 1 rings (SSSR count). The minimum absolute atomic E-state index is 0.0194. The maximum absolute atomic E-state index is 11.9. The lowest BCUT2D eigenvalue weighted by molar-refractivity contribution is -0.118. The van der Waals surface area contributed by atoms with Gasteiger partial charge in [0.2, 0.25) is 5.91 Å². The first-order chi connectivity index (χ1) is 7.95. The number of aromatic hydroxyl groups is 2. The molecule has 0 saturated carbocycles. The van der Waals surface area contributed by atoms with Crippen LogP contribution >= 0.6 is 0 Å². The number of carbonyl (C=O) groups excluding carboxylic acids is 2. The van der Waals surface area contributed by atoms with Crippen LogP contribution < -0.4 is 5.73 Å². The highest BCUT2D eigenvalue weighted by Gasteiger charge is 2.19. The van der Waals surface area contributed by atoms with Gasteiger partial charge in [-0.1, -0.05) is 0 Å². The van der Waals surface area contributed by atoms with Crippen LogP contribution in [0.5, 0.6) is 11.5 Å². The molecular weight excluding hydrogens is 224 g/mol. The van der Waals surface area contributed by atoms with E-state index in [-0.39, 0.29) is 23.6 Å². The standard InChI is InChI=1S/C11H14N2O4/c1-2-13(6-10(12)16)11(17)8-4-3-7(14)5-9(8)15/h3-5,14-15H,2,6H2,1H3,(H2,12,16). The number of likely N-dealkylation sites (N-methyl/N-ethyl adjacent to an activating group) is 1. The smallest absolute Gasteiger partial charge is 0.258 e. The molecule has 4 N–H and O–H groups in total. The molecule has 0 spiro atoms. The van der Waals surface area contributed by atoms with Gasteiger partial charge in [-0.05, 0) is 19.1 Å². The summed E-state index contributed by atoms with van der Waals surface area (Å²) in [6.45, 7) is 1.77. The van der Waals surface area contributed by atoms with Crippen LogP contribution in [-0.2, 0) is 4.79 Å². The molecule has 0 aliphatic heterocycles. The predicted octanol–water partition coefficient (Wildman–Crippen LogP) is 0.0452. The molecule has 6 heteroatoms. The van der Waals surface area contributed by atoms with Gasteiger partial charge in [-0.25, -0.2) is 0 Å². The molecule has 0 saturated heterocycles. The fraction of sp³-hybridized carbons (Fsp3) is 0.273. The summed E-state index contributed by atoms with van der Waals surface area (Å²) in [5, 5.41) is 18.6. The van der Waals surface area contributed by atoms with E-state index in [9.17, 15) is 14.7 Å². The van der Waals surface area contributed by atoms with Crippen LogP contribution in [-0.4, -0.2) is 40.0 Å². The highest BCUT2D eigenvalue weighted by Crippen LogP contribution is 2.23. The summed E-state index contributed by atoms with van der Waals surface area (Å²) in [6.07, 6.45) is 0. The number of rotatable bonds is 4. The summed E-state index contributed by atoms with van der Waals surface area (Å²) in [4.78, 5) is 23.9. The van der Waals surface area contributed by atoms with E-state index < -0.39 is 11.8 Å². The lowest BCUT2D eigenvalue weighted by Crippen LogP contribution is -2.38. The van der Waals surface area contributed by atoms with Crippen molar-refractivity contribution in [2.75, 3.05) is 13.1 Å². The number of carbonyl (C=O) groups is 2. The van der Waals surface area contributed by atoms with Crippen molar-refractivity contribution >= 4 is 11.8 Å². The van der Waals surface area contributed by atoms with Gasteiger partial charge in [-0.15, -0.1) is 0 Å². The van der Waals surface area contributed by atoms with E-state index in [0.717, 1.165) is 6.07 Å². The number of hydrogen-bond donors (Lipinski definition) is 3. The third kappa shape index (κ3) is 3.10. The molecule has 0 aliphatic rings. The number of benzene rings is 1. The second-order valence-electron chi connectivity index (χ2n) is 3.49. The predicted molar refractivity (Wildman–Crippen MR) is 60.5 cm³/mol. The SMILES string of the molecule is CCN(CC(N)=O)C(=O)c1ccc(O)cc1O. The number of phenols is 2. The van der Waals surface area contributed by atoms with Gasteiger partial charge in [0.15, 0.2) is 0 Å². The molecule has 0 bridgehead atoms. The Labute approximate surface area is 98.3 Å². The lowest BCUT2D eigenvalue weighted by atomic mass is 10.1. The van der Waals surface area contributed by atoms with Crippen LogP contribution in [0, 0.1) is 0 Å². The van der Waals surface area contributed by atoms with Gasteiger partial charge in [-0.3, -0.25) is 9.59 Å². The molecule has 1 aromatic carbocycles. The second kappa shape index (κ2) is 5.20. The average Bonchev–Trinajstić information content (AvgIpc) is 2.24. The molecule has 0 fully saturated rings. The summed E-state index contributed by atoms with van der Waals surface area (Å²) >= 11 is 0. The summed E-state index contributed by atoms with van der Waals surface area (Å²) < 4.78 is 0. The van der Waals surface area contributed by atoms with E-state index in [1.807, 2.05) is 0 Å². The first-order valence-corrected chi connectivity index (χ1v) is 5.05. The Morgan fingerprint density at radius 1 is 1.35 bits per heavy atom. The number of phenolic OH excluding ortho intramolecular Hbond substituents is 2. The quantitative estimate of drug-likeness (QED) is 0.689. The molecule has 6 nitrogen and oxygen atoms in total. The Balaban J connectivity index is 2.97. The largest absolute Gasteiger partial charge is 0.508 e. The highest BCUT2D eigenvalue weighted by atomic mass is 16.3. The van der Waals surface area contributed by atoms with E-state index >= 15 is 0 Å². The minimum atomic E-state index is -0.626. The van der Waals surface area contributed by atoms with Gasteiger partial charge in [-0.2, -0.15) is 0 Å². The van der Waals surface area contributed by atoms with Gasteiger partial charge in [0.1, 0.15) is 11.5 Å². The topological polar surface area (TPSA) is 104 Å². The summed E-state index contributed by atoms with van der Waals surface area (Å²) in [5.41, 5.74) is 5.03. The fourth-order valence-electron chi connectivity index (χ4n) is 1.39. The van der Waals surface area contributed by atoms with E-state index in [4.69, 9.17) is 10.8 Å². The molecule has 1 aromatic rings. The van der Waals surface area contributed by atoms with Gasteiger partial charge < -0.3 is 20.8 Å². The van der Waals surface area contributed by atoms with Crippen molar-refractivity contribution in [3.8, 4) is 11.5 Å². The Morgan fingerprint density at radius 2 is 2.00 bits per heavy atom. The molecule has 17 heavy (non-hydrogen) atoms. The normalized spacial score (nSPS) is 9.94. The Bertz CT molecular complexity index is 445. The van der Waals surface area contributed by atoms with Crippen molar-refractivity contribution in [1.82, 2.24) is 4.90 Å². The zero-order valence-corrected chi connectivity index (χ0v) is 9.38. The first kappa shape index (κ1) is 12.8. The van der Waals surface area contributed by atoms with Crippen LogP contribution in [0.25, 0.3) is 0 Å². The van der Waals surface area contributed by atoms with Crippen molar-refractivity contribution in [1.29, 1.82) is 0 Å². The van der Waals surface area contributed by atoms with Crippen molar-refractivity contribution < 1.29 is 19.8 Å². The molecule has 0 aromatic heterocycles. The summed E-state index contributed by atoms with van der Waals surface area (Å²) in [7, 11) is 0. The highest BCUT2D eigenvalue weighted by molar-refractivity contribution is 5.98. The van der Waals surface area contributed by atoms with E-state index in [2.05, 4.69) is 0 Å². The molecule has 92 valence electrons. The molecular formula is C11H14N2O4. The maximum atomic E-state index is 11.9. The number of nitrogens with zero attached hydrogens (tertiary/aromatic N) is 1. The maximum Gasteiger partial charge on any atom is 0.258 e. The van der Waals surface area contributed by atoms with Gasteiger partial charge in [0, 0.05) is 12.6 Å². The summed E-state index contributed by atoms with van der Waals surface area (Å²) in [6, 6.07) is 3.63. The third-order valence-electron chi connectivity index (χ3n) is 2.23. The molecule has 0 heterocycles.